The summed E-state index contributed by atoms with van der Waals surface area (Å²) in [6.07, 6.45) is 0. The molecule has 0 aliphatic rings. The minimum Gasteiger partial charge on any atom is -0.357 e. The van der Waals surface area contributed by atoms with Crippen molar-refractivity contribution in [3.8, 4) is 5.69 Å². The van der Waals surface area contributed by atoms with E-state index in [1.165, 1.54) is 0 Å². The number of rotatable bonds is 8. The molecule has 0 atom stereocenters. The highest BCUT2D eigenvalue weighted by atomic mass is 127. The molecule has 3 aromatic rings. The third kappa shape index (κ3) is 7.31. The largest absolute Gasteiger partial charge is 0.357 e. The molecule has 2 aromatic carbocycles. The van der Waals surface area contributed by atoms with E-state index < -0.39 is 0 Å². The van der Waals surface area contributed by atoms with Gasteiger partial charge in [0, 0.05) is 30.9 Å². The molecule has 0 spiro atoms. The van der Waals surface area contributed by atoms with Gasteiger partial charge in [-0.3, -0.25) is 4.79 Å². The van der Waals surface area contributed by atoms with Crippen molar-refractivity contribution >= 4 is 35.8 Å². The van der Waals surface area contributed by atoms with Crippen molar-refractivity contribution in [1.82, 2.24) is 25.7 Å². The number of benzene rings is 2. The van der Waals surface area contributed by atoms with Crippen molar-refractivity contribution in [1.29, 1.82) is 0 Å². The number of halogens is 1. The maximum absolute atomic E-state index is 12.1. The molecule has 3 rings (SSSR count). The smallest absolute Gasteiger partial charge is 0.251 e. The normalized spacial score (nSPS) is 11.0. The molecule has 0 bridgehead atoms. The van der Waals surface area contributed by atoms with Crippen LogP contribution in [0, 0.1) is 13.8 Å². The molecule has 176 valence electrons. The summed E-state index contributed by atoms with van der Waals surface area (Å²) in [6, 6.07) is 17.9. The Morgan fingerprint density at radius 2 is 1.73 bits per heavy atom. The highest BCUT2D eigenvalue weighted by molar-refractivity contribution is 14.0. The number of nitrogens with zero attached hydrogens (tertiary/aromatic N) is 3. The number of guanidine groups is 1. The Labute approximate surface area is 213 Å². The number of carbonyl (C=O) groups is 1. The lowest BCUT2D eigenvalue weighted by Crippen LogP contribution is -2.37. The molecule has 0 saturated heterocycles. The summed E-state index contributed by atoms with van der Waals surface area (Å²) in [5, 5.41) is 14.2. The van der Waals surface area contributed by atoms with Crippen LogP contribution < -0.4 is 16.0 Å². The van der Waals surface area contributed by atoms with Gasteiger partial charge in [-0.2, -0.15) is 5.10 Å². The molecule has 3 N–H and O–H groups in total. The molecule has 0 fully saturated rings. The number of carbonyl (C=O) groups excluding carboxylic acids is 1. The van der Waals surface area contributed by atoms with Crippen LogP contribution in [-0.4, -0.2) is 34.7 Å². The Kier molecular flexibility index (Phi) is 10.4. The van der Waals surface area contributed by atoms with Crippen LogP contribution in [0.25, 0.3) is 5.69 Å². The van der Waals surface area contributed by atoms with Crippen LogP contribution in [0.15, 0.2) is 59.6 Å². The zero-order chi connectivity index (χ0) is 22.9. The van der Waals surface area contributed by atoms with E-state index in [1.807, 2.05) is 61.9 Å². The first kappa shape index (κ1) is 26.4. The zero-order valence-electron chi connectivity index (χ0n) is 19.7. The Hall–Kier alpha value is -2.88. The predicted octanol–water partition coefficient (Wildman–Crippen LogP) is 4.11. The predicted molar refractivity (Wildman–Crippen MR) is 145 cm³/mol. The van der Waals surface area contributed by atoms with E-state index in [2.05, 4.69) is 46.2 Å². The first-order valence-corrected chi connectivity index (χ1v) is 11.0. The highest BCUT2D eigenvalue weighted by Gasteiger charge is 2.09. The van der Waals surface area contributed by atoms with Crippen LogP contribution in [0.5, 0.6) is 0 Å². The Balaban J connectivity index is 0.00000385. The standard InChI is InChI=1S/C25H32N6O.HI/c1-5-26-24(32)21-12-9-10-20(15-21)16-28-25(27-6-2)29-17-22-11-7-8-13-23(22)31-19(4)14-18(3)30-31;/h7-15H,5-6,16-17H2,1-4H3,(H,26,32)(H2,27,28,29);1H. The van der Waals surface area contributed by atoms with E-state index in [0.717, 1.165) is 40.7 Å². The van der Waals surface area contributed by atoms with Gasteiger partial charge in [-0.05, 0) is 63.1 Å². The molecular weight excluding hydrogens is 527 g/mol. The van der Waals surface area contributed by atoms with E-state index in [1.54, 1.807) is 0 Å². The van der Waals surface area contributed by atoms with Crippen LogP contribution in [0.1, 0.15) is 46.7 Å². The van der Waals surface area contributed by atoms with Crippen molar-refractivity contribution in [2.45, 2.75) is 40.8 Å². The molecule has 0 radical (unpaired) electrons. The summed E-state index contributed by atoms with van der Waals surface area (Å²) in [5.41, 5.74) is 5.90. The number of para-hydroxylation sites is 1. The first-order valence-electron chi connectivity index (χ1n) is 11.0. The van der Waals surface area contributed by atoms with Gasteiger partial charge in [0.25, 0.3) is 5.91 Å². The molecule has 0 aliphatic heterocycles. The van der Waals surface area contributed by atoms with Crippen LogP contribution in [0.2, 0.25) is 0 Å². The van der Waals surface area contributed by atoms with Gasteiger partial charge in [0.05, 0.1) is 17.9 Å². The lowest BCUT2D eigenvalue weighted by molar-refractivity contribution is 0.0955. The van der Waals surface area contributed by atoms with Gasteiger partial charge < -0.3 is 16.0 Å². The van der Waals surface area contributed by atoms with E-state index in [-0.39, 0.29) is 29.9 Å². The maximum Gasteiger partial charge on any atom is 0.251 e. The van der Waals surface area contributed by atoms with Gasteiger partial charge in [0.1, 0.15) is 0 Å². The Morgan fingerprint density at radius 3 is 2.42 bits per heavy atom. The molecule has 1 heterocycles. The van der Waals surface area contributed by atoms with E-state index in [0.29, 0.717) is 25.2 Å². The summed E-state index contributed by atoms with van der Waals surface area (Å²) in [4.78, 5) is 16.8. The number of nitrogens with one attached hydrogen (secondary N) is 3. The number of aryl methyl sites for hydroxylation is 2. The van der Waals surface area contributed by atoms with E-state index in [4.69, 9.17) is 4.99 Å². The number of amides is 1. The van der Waals surface area contributed by atoms with Crippen molar-refractivity contribution in [3.05, 3.63) is 82.7 Å². The second kappa shape index (κ2) is 13.0. The summed E-state index contributed by atoms with van der Waals surface area (Å²) >= 11 is 0. The SMILES string of the molecule is CCNC(=O)c1cccc(CN=C(NCC)NCc2ccccc2-n2nc(C)cc2C)c1.I. The molecule has 7 nitrogen and oxygen atoms in total. The lowest BCUT2D eigenvalue weighted by atomic mass is 10.1. The Bertz CT molecular complexity index is 1090. The summed E-state index contributed by atoms with van der Waals surface area (Å²) in [6.45, 7) is 10.5. The van der Waals surface area contributed by atoms with Crippen LogP contribution in [0.3, 0.4) is 0 Å². The first-order chi connectivity index (χ1) is 15.5. The van der Waals surface area contributed by atoms with Gasteiger partial charge in [-0.25, -0.2) is 9.67 Å². The number of aliphatic imine (C=N–C) groups is 1. The lowest BCUT2D eigenvalue weighted by Gasteiger charge is -2.15. The van der Waals surface area contributed by atoms with Gasteiger partial charge in [0.15, 0.2) is 5.96 Å². The number of hydrogen-bond donors (Lipinski definition) is 3. The molecule has 0 saturated carbocycles. The summed E-state index contributed by atoms with van der Waals surface area (Å²) in [7, 11) is 0. The molecule has 0 aliphatic carbocycles. The Morgan fingerprint density at radius 1 is 0.970 bits per heavy atom. The van der Waals surface area contributed by atoms with Gasteiger partial charge in [-0.1, -0.05) is 30.3 Å². The monoisotopic (exact) mass is 560 g/mol. The fourth-order valence-corrected chi connectivity index (χ4v) is 3.50. The topological polar surface area (TPSA) is 83.3 Å². The van der Waals surface area contributed by atoms with Gasteiger partial charge in [-0.15, -0.1) is 24.0 Å². The number of hydrogen-bond acceptors (Lipinski definition) is 3. The quantitative estimate of drug-likeness (QED) is 0.220. The molecule has 1 aromatic heterocycles. The molecule has 1 amide bonds. The van der Waals surface area contributed by atoms with Gasteiger partial charge >= 0.3 is 0 Å². The average Bonchev–Trinajstić information content (AvgIpc) is 3.14. The van der Waals surface area contributed by atoms with E-state index in [9.17, 15) is 4.79 Å². The zero-order valence-corrected chi connectivity index (χ0v) is 22.0. The molecule has 0 unspecified atom stereocenters. The van der Waals surface area contributed by atoms with Crippen molar-refractivity contribution in [2.24, 2.45) is 4.99 Å². The van der Waals surface area contributed by atoms with Crippen molar-refractivity contribution in [2.75, 3.05) is 13.1 Å². The minimum atomic E-state index is -0.0656. The second-order valence-corrected chi connectivity index (χ2v) is 7.58. The van der Waals surface area contributed by atoms with Crippen molar-refractivity contribution < 1.29 is 4.79 Å². The molecule has 8 heteroatoms. The summed E-state index contributed by atoms with van der Waals surface area (Å²) < 4.78 is 1.98. The van der Waals surface area contributed by atoms with Crippen LogP contribution in [-0.2, 0) is 13.1 Å². The van der Waals surface area contributed by atoms with Gasteiger partial charge in [0.2, 0.25) is 0 Å². The number of aromatic nitrogens is 2. The van der Waals surface area contributed by atoms with Crippen LogP contribution in [0.4, 0.5) is 0 Å². The second-order valence-electron chi connectivity index (χ2n) is 7.58. The molecular formula is C25H33IN6O. The molecule has 33 heavy (non-hydrogen) atoms. The van der Waals surface area contributed by atoms with E-state index >= 15 is 0 Å². The summed E-state index contributed by atoms with van der Waals surface area (Å²) in [5.74, 6) is 0.656. The fourth-order valence-electron chi connectivity index (χ4n) is 3.50. The average molecular weight is 560 g/mol. The highest BCUT2D eigenvalue weighted by Crippen LogP contribution is 2.17. The maximum atomic E-state index is 12.1. The third-order valence-electron chi connectivity index (χ3n) is 4.97. The van der Waals surface area contributed by atoms with Crippen LogP contribution >= 0.6 is 24.0 Å². The third-order valence-corrected chi connectivity index (χ3v) is 4.97. The minimum absolute atomic E-state index is 0. The van der Waals surface area contributed by atoms with Crippen molar-refractivity contribution in [3.63, 3.8) is 0 Å². The fraction of sp³-hybridized carbons (Fsp3) is 0.320.